The molecule has 0 fully saturated rings. The highest BCUT2D eigenvalue weighted by Gasteiger charge is 2.03. The number of hydrogen-bond acceptors (Lipinski definition) is 3. The molecule has 0 aliphatic heterocycles. The first-order valence-corrected chi connectivity index (χ1v) is 7.03. The van der Waals surface area contributed by atoms with Crippen LogP contribution in [0.3, 0.4) is 0 Å². The molecule has 3 N–H and O–H groups in total. The molecule has 0 aliphatic rings. The van der Waals surface area contributed by atoms with Gasteiger partial charge in [-0.3, -0.25) is 4.79 Å². The molecule has 0 bridgehead atoms. The lowest BCUT2D eigenvalue weighted by atomic mass is 10.2. The second kappa shape index (κ2) is 9.97. The largest absolute Gasteiger partial charge is 0.411 e. The number of carbonyl (C=O) groups is 1. The number of quaternary nitrogens is 1. The van der Waals surface area contributed by atoms with Gasteiger partial charge in [-0.1, -0.05) is 35.5 Å². The van der Waals surface area contributed by atoms with E-state index in [9.17, 15) is 4.79 Å². The van der Waals surface area contributed by atoms with Crippen LogP contribution in [0.1, 0.15) is 24.8 Å². The molecule has 0 saturated heterocycles. The summed E-state index contributed by atoms with van der Waals surface area (Å²) in [6, 6.07) is 10.5. The van der Waals surface area contributed by atoms with E-state index in [1.165, 1.54) is 10.5 Å². The quantitative estimate of drug-likeness (QED) is 0.266. The SMILES string of the molecule is C[NH+](CCCCCNC(=O)/C=N\O)Cc1ccccc1. The van der Waals surface area contributed by atoms with Crippen molar-refractivity contribution in [1.82, 2.24) is 5.32 Å². The molecular weight excluding hydrogens is 254 g/mol. The Kier molecular flexibility index (Phi) is 8.07. The fourth-order valence-electron chi connectivity index (χ4n) is 2.07. The lowest BCUT2D eigenvalue weighted by Gasteiger charge is -2.13. The van der Waals surface area contributed by atoms with Crippen molar-refractivity contribution in [2.24, 2.45) is 5.16 Å². The summed E-state index contributed by atoms with van der Waals surface area (Å²) in [5.74, 6) is -0.348. The van der Waals surface area contributed by atoms with Gasteiger partial charge in [-0.2, -0.15) is 0 Å². The summed E-state index contributed by atoms with van der Waals surface area (Å²) in [4.78, 5) is 12.5. The Morgan fingerprint density at radius 3 is 2.75 bits per heavy atom. The van der Waals surface area contributed by atoms with Crippen molar-refractivity contribution in [2.45, 2.75) is 25.8 Å². The van der Waals surface area contributed by atoms with E-state index in [1.54, 1.807) is 0 Å². The number of rotatable bonds is 9. The van der Waals surface area contributed by atoms with E-state index in [0.29, 0.717) is 6.54 Å². The van der Waals surface area contributed by atoms with Crippen LogP contribution in [0, 0.1) is 0 Å². The maximum atomic E-state index is 11.0. The fourth-order valence-corrected chi connectivity index (χ4v) is 2.07. The summed E-state index contributed by atoms with van der Waals surface area (Å²) in [6.45, 7) is 2.80. The van der Waals surface area contributed by atoms with Crippen molar-refractivity contribution in [1.29, 1.82) is 0 Å². The molecular formula is C15H24N3O2+. The molecule has 0 radical (unpaired) electrons. The molecule has 1 amide bonds. The molecule has 1 aromatic rings. The van der Waals surface area contributed by atoms with E-state index in [2.05, 4.69) is 41.8 Å². The van der Waals surface area contributed by atoms with Crippen molar-refractivity contribution >= 4 is 12.1 Å². The topological polar surface area (TPSA) is 66.1 Å². The maximum absolute atomic E-state index is 11.0. The molecule has 1 aromatic carbocycles. The number of hydrogen-bond donors (Lipinski definition) is 3. The van der Waals surface area contributed by atoms with Gasteiger partial charge in [-0.15, -0.1) is 0 Å². The number of unbranched alkanes of at least 4 members (excludes halogenated alkanes) is 2. The Bertz CT molecular complexity index is 407. The van der Waals surface area contributed by atoms with Crippen LogP contribution in [0.25, 0.3) is 0 Å². The van der Waals surface area contributed by atoms with Gasteiger partial charge in [0, 0.05) is 12.1 Å². The molecule has 0 spiro atoms. The third-order valence-corrected chi connectivity index (χ3v) is 3.10. The zero-order valence-corrected chi connectivity index (χ0v) is 12.0. The third kappa shape index (κ3) is 7.53. The van der Waals surface area contributed by atoms with Crippen LogP contribution in [-0.2, 0) is 11.3 Å². The lowest BCUT2D eigenvalue weighted by molar-refractivity contribution is -0.894. The molecule has 0 aromatic heterocycles. The highest BCUT2D eigenvalue weighted by Crippen LogP contribution is 1.96. The first kappa shape index (κ1) is 16.2. The molecule has 5 heteroatoms. The van der Waals surface area contributed by atoms with E-state index in [-0.39, 0.29) is 5.91 Å². The van der Waals surface area contributed by atoms with Gasteiger partial charge in [0.15, 0.2) is 0 Å². The Hall–Kier alpha value is -1.88. The van der Waals surface area contributed by atoms with Crippen LogP contribution in [0.4, 0.5) is 0 Å². The van der Waals surface area contributed by atoms with Gasteiger partial charge in [0.2, 0.25) is 0 Å². The van der Waals surface area contributed by atoms with Gasteiger partial charge in [0.25, 0.3) is 5.91 Å². The van der Waals surface area contributed by atoms with Crippen LogP contribution in [0.15, 0.2) is 35.5 Å². The molecule has 20 heavy (non-hydrogen) atoms. The third-order valence-electron chi connectivity index (χ3n) is 3.10. The van der Waals surface area contributed by atoms with E-state index in [4.69, 9.17) is 5.21 Å². The molecule has 1 rings (SSSR count). The van der Waals surface area contributed by atoms with Gasteiger partial charge < -0.3 is 15.4 Å². The molecule has 110 valence electrons. The summed E-state index contributed by atoms with van der Waals surface area (Å²) in [5.41, 5.74) is 1.36. The Morgan fingerprint density at radius 2 is 2.05 bits per heavy atom. The highest BCUT2D eigenvalue weighted by molar-refractivity contribution is 6.25. The minimum absolute atomic E-state index is 0.348. The van der Waals surface area contributed by atoms with E-state index >= 15 is 0 Å². The normalized spacial score (nSPS) is 12.4. The van der Waals surface area contributed by atoms with Crippen LogP contribution in [0.5, 0.6) is 0 Å². The smallest absolute Gasteiger partial charge is 0.265 e. The van der Waals surface area contributed by atoms with Gasteiger partial charge in [-0.25, -0.2) is 0 Å². The minimum atomic E-state index is -0.348. The maximum Gasteiger partial charge on any atom is 0.265 e. The number of carbonyl (C=O) groups excluding carboxylic acids is 1. The molecule has 1 unspecified atom stereocenters. The molecule has 0 saturated carbocycles. The number of benzene rings is 1. The second-order valence-electron chi connectivity index (χ2n) is 4.97. The van der Waals surface area contributed by atoms with Crippen molar-refractivity contribution in [3.63, 3.8) is 0 Å². The van der Waals surface area contributed by atoms with Crippen molar-refractivity contribution in [3.05, 3.63) is 35.9 Å². The minimum Gasteiger partial charge on any atom is -0.411 e. The first-order valence-electron chi connectivity index (χ1n) is 7.03. The summed E-state index contributed by atoms with van der Waals surface area (Å²) < 4.78 is 0. The Morgan fingerprint density at radius 1 is 1.30 bits per heavy atom. The first-order chi connectivity index (χ1) is 9.72. The number of nitrogens with zero attached hydrogens (tertiary/aromatic N) is 1. The predicted molar refractivity (Wildman–Crippen MR) is 79.0 cm³/mol. The average molecular weight is 278 g/mol. The van der Waals surface area contributed by atoms with E-state index < -0.39 is 0 Å². The predicted octanol–water partition coefficient (Wildman–Crippen LogP) is 0.448. The van der Waals surface area contributed by atoms with Gasteiger partial charge in [0.1, 0.15) is 12.8 Å². The summed E-state index contributed by atoms with van der Waals surface area (Å²) in [5, 5.41) is 13.5. The Balaban J connectivity index is 2.02. The van der Waals surface area contributed by atoms with Crippen molar-refractivity contribution in [3.8, 4) is 0 Å². The zero-order chi connectivity index (χ0) is 14.6. The summed E-state index contributed by atoms with van der Waals surface area (Å²) in [7, 11) is 2.20. The molecule has 5 nitrogen and oxygen atoms in total. The molecule has 1 atom stereocenters. The van der Waals surface area contributed by atoms with Gasteiger partial charge in [0.05, 0.1) is 13.6 Å². The fraction of sp³-hybridized carbons (Fsp3) is 0.467. The second-order valence-corrected chi connectivity index (χ2v) is 4.97. The number of nitrogens with one attached hydrogen (secondary N) is 2. The van der Waals surface area contributed by atoms with E-state index in [1.807, 2.05) is 6.07 Å². The van der Waals surface area contributed by atoms with E-state index in [0.717, 1.165) is 38.6 Å². The van der Waals surface area contributed by atoms with Crippen LogP contribution in [-0.4, -0.2) is 37.5 Å². The van der Waals surface area contributed by atoms with Crippen molar-refractivity contribution < 1.29 is 14.9 Å². The van der Waals surface area contributed by atoms with Crippen LogP contribution < -0.4 is 10.2 Å². The molecule has 0 aliphatic carbocycles. The zero-order valence-electron chi connectivity index (χ0n) is 12.0. The summed E-state index contributed by atoms with van der Waals surface area (Å²) >= 11 is 0. The van der Waals surface area contributed by atoms with Gasteiger partial charge >= 0.3 is 0 Å². The van der Waals surface area contributed by atoms with Crippen molar-refractivity contribution in [2.75, 3.05) is 20.1 Å². The highest BCUT2D eigenvalue weighted by atomic mass is 16.4. The van der Waals surface area contributed by atoms with Crippen LogP contribution in [0.2, 0.25) is 0 Å². The standard InChI is InChI=1S/C15H23N3O2/c1-18(13-14-8-4-2-5-9-14)11-7-3-6-10-16-15(19)12-17-20/h2,4-5,8-9,12,20H,3,6-7,10-11,13H2,1H3,(H,16,19)/p+1/b17-12-. The summed E-state index contributed by atoms with van der Waals surface area (Å²) in [6.07, 6.45) is 4.05. The lowest BCUT2D eigenvalue weighted by Crippen LogP contribution is -3.07. The average Bonchev–Trinajstić information content (AvgIpc) is 2.44. The van der Waals surface area contributed by atoms with Gasteiger partial charge in [-0.05, 0) is 19.3 Å². The van der Waals surface area contributed by atoms with Crippen LogP contribution >= 0.6 is 0 Å². The number of oxime groups is 1. The Labute approximate surface area is 120 Å². The molecule has 0 heterocycles. The number of amides is 1. The monoisotopic (exact) mass is 278 g/mol.